The highest BCUT2D eigenvalue weighted by Crippen LogP contribution is 2.41. The molecule has 0 saturated carbocycles. The maximum absolute atomic E-state index is 4.83. The minimum absolute atomic E-state index is 1.17. The van der Waals surface area contributed by atoms with E-state index in [1.807, 2.05) is 22.7 Å². The van der Waals surface area contributed by atoms with Crippen molar-refractivity contribution in [1.82, 2.24) is 0 Å². The van der Waals surface area contributed by atoms with Gasteiger partial charge in [0.05, 0.1) is 8.07 Å². The zero-order valence-electron chi connectivity index (χ0n) is 21.8. The summed E-state index contributed by atoms with van der Waals surface area (Å²) in [5, 5.41) is 7.12. The van der Waals surface area contributed by atoms with Crippen LogP contribution in [0, 0.1) is 6.92 Å². The molecule has 6 aromatic rings. The van der Waals surface area contributed by atoms with Gasteiger partial charge in [-0.25, -0.2) is 0 Å². The van der Waals surface area contributed by atoms with Gasteiger partial charge in [-0.05, 0) is 61.7 Å². The molecule has 0 aliphatic rings. The lowest BCUT2D eigenvalue weighted by Crippen LogP contribution is -2.37. The summed E-state index contributed by atoms with van der Waals surface area (Å²) in [6.45, 7) is 9.50. The zero-order valence-corrected chi connectivity index (χ0v) is 33.8. The molecule has 0 saturated heterocycles. The van der Waals surface area contributed by atoms with Crippen molar-refractivity contribution in [1.29, 1.82) is 0 Å². The number of fused-ring (bicyclic) bond motifs is 6. The van der Waals surface area contributed by atoms with Crippen LogP contribution in [0.1, 0.15) is 5.56 Å². The number of alkyl halides is 4. The van der Waals surface area contributed by atoms with E-state index in [1.54, 1.807) is 5.19 Å². The minimum Gasteiger partial charge on any atom is -0.135 e. The Bertz CT molecular complexity index is 1690. The molecule has 0 spiro atoms. The molecule has 0 N–H and O–H groups in total. The molecular formula is C29H24Br4Cl4S2Si. The molecule has 0 bridgehead atoms. The second-order valence-corrected chi connectivity index (χ2v) is 22.0. The summed E-state index contributed by atoms with van der Waals surface area (Å²) in [6, 6.07) is 26.2. The van der Waals surface area contributed by atoms with E-state index in [0.29, 0.717) is 0 Å². The quantitative estimate of drug-likeness (QED) is 0.114. The van der Waals surface area contributed by atoms with E-state index in [0.717, 1.165) is 0 Å². The third-order valence-electron chi connectivity index (χ3n) is 5.96. The fourth-order valence-electron chi connectivity index (χ4n) is 4.30. The molecule has 0 radical (unpaired) electrons. The summed E-state index contributed by atoms with van der Waals surface area (Å²) in [6.07, 6.45) is 0. The second kappa shape index (κ2) is 15.1. The van der Waals surface area contributed by atoms with Crippen molar-refractivity contribution in [3.05, 3.63) is 87.3 Å². The first kappa shape index (κ1) is 35.1. The van der Waals surface area contributed by atoms with Crippen molar-refractivity contribution in [3.8, 4) is 0 Å². The molecule has 2 aromatic heterocycles. The standard InChI is InChI=1S/C16H18SSi.C12H6Br2S.CCl4.Br2/c1-11-7-5-8-12-13-9-6-10-14(18(2,3)4)16(13)17-15(11)12;13-9-5-1-3-7-8-4-2-6-10(14)12(8)15-11(7)9;2-1(3,4)5;1-2/h5-10H,1-4H3;1-6H;;. The first-order chi connectivity index (χ1) is 18.8. The summed E-state index contributed by atoms with van der Waals surface area (Å²) >= 11 is 35.8. The smallest absolute Gasteiger partial charge is 0.135 e. The number of hydrogen-bond donors (Lipinski definition) is 0. The van der Waals surface area contributed by atoms with Gasteiger partial charge in [0.2, 0.25) is 0 Å². The Kier molecular flexibility index (Phi) is 13.2. The summed E-state index contributed by atoms with van der Waals surface area (Å²) in [5.74, 6) is 0. The van der Waals surface area contributed by atoms with Gasteiger partial charge in [0.25, 0.3) is 3.25 Å². The van der Waals surface area contributed by atoms with Crippen LogP contribution >= 0.6 is 129 Å². The molecule has 0 amide bonds. The average molecular weight is 926 g/mol. The third-order valence-corrected chi connectivity index (χ3v) is 12.7. The normalized spacial score (nSPS) is 11.5. The van der Waals surface area contributed by atoms with E-state index < -0.39 is 11.3 Å². The molecule has 2 heterocycles. The van der Waals surface area contributed by atoms with Crippen LogP contribution in [-0.4, -0.2) is 11.3 Å². The summed E-state index contributed by atoms with van der Waals surface area (Å²) < 4.78 is 6.35. The van der Waals surface area contributed by atoms with Crippen LogP contribution in [0.4, 0.5) is 0 Å². The highest BCUT2D eigenvalue weighted by atomic mass is 80.9. The van der Waals surface area contributed by atoms with Crippen molar-refractivity contribution in [3.63, 3.8) is 0 Å². The van der Waals surface area contributed by atoms with Gasteiger partial charge in [0.15, 0.2) is 0 Å². The van der Waals surface area contributed by atoms with Crippen molar-refractivity contribution >= 4 is 183 Å². The van der Waals surface area contributed by atoms with Crippen LogP contribution in [-0.2, 0) is 0 Å². The van der Waals surface area contributed by atoms with E-state index in [2.05, 4.69) is 159 Å². The Morgan fingerprint density at radius 2 is 0.925 bits per heavy atom. The second-order valence-electron chi connectivity index (χ2n) is 9.75. The molecule has 0 nitrogen and oxygen atoms in total. The maximum atomic E-state index is 4.83. The van der Waals surface area contributed by atoms with Crippen LogP contribution in [0.3, 0.4) is 0 Å². The zero-order chi connectivity index (χ0) is 29.8. The molecule has 40 heavy (non-hydrogen) atoms. The van der Waals surface area contributed by atoms with Crippen molar-refractivity contribution in [2.24, 2.45) is 0 Å². The molecule has 212 valence electrons. The third kappa shape index (κ3) is 8.84. The van der Waals surface area contributed by atoms with E-state index in [4.69, 9.17) is 46.4 Å². The fraction of sp³-hybridized carbons (Fsp3) is 0.172. The van der Waals surface area contributed by atoms with Crippen LogP contribution in [0.25, 0.3) is 40.3 Å². The summed E-state index contributed by atoms with van der Waals surface area (Å²) in [4.78, 5) is 0. The van der Waals surface area contributed by atoms with Gasteiger partial charge in [-0.3, -0.25) is 0 Å². The Hall–Kier alpha value is 0.617. The van der Waals surface area contributed by atoms with Crippen molar-refractivity contribution in [2.45, 2.75) is 29.8 Å². The van der Waals surface area contributed by atoms with E-state index in [9.17, 15) is 0 Å². The predicted octanol–water partition coefficient (Wildman–Crippen LogP) is 14.7. The van der Waals surface area contributed by atoms with Gasteiger partial charge in [-0.15, -0.1) is 22.7 Å². The van der Waals surface area contributed by atoms with E-state index >= 15 is 0 Å². The summed E-state index contributed by atoms with van der Waals surface area (Å²) in [5.41, 5.74) is 1.40. The molecular weight excluding hydrogens is 902 g/mol. The Labute approximate surface area is 296 Å². The Balaban J connectivity index is 0.000000182. The van der Waals surface area contributed by atoms with E-state index in [1.165, 1.54) is 54.9 Å². The fourth-order valence-corrected chi connectivity index (χ4v) is 10.3. The van der Waals surface area contributed by atoms with Crippen molar-refractivity contribution in [2.75, 3.05) is 0 Å². The first-order valence-electron chi connectivity index (χ1n) is 11.8. The molecule has 11 heteroatoms. The molecule has 0 fully saturated rings. The number of thiophene rings is 2. The number of aryl methyl sites for hydroxylation is 1. The number of halogens is 8. The van der Waals surface area contributed by atoms with Crippen LogP contribution in [0.15, 0.2) is 81.7 Å². The lowest BCUT2D eigenvalue weighted by Gasteiger charge is -2.17. The van der Waals surface area contributed by atoms with Gasteiger partial charge in [0, 0.05) is 77.5 Å². The highest BCUT2D eigenvalue weighted by molar-refractivity contribution is 9.93. The number of benzene rings is 4. The van der Waals surface area contributed by atoms with Gasteiger partial charge in [0.1, 0.15) is 0 Å². The molecule has 0 aliphatic carbocycles. The Morgan fingerprint density at radius 3 is 1.38 bits per heavy atom. The summed E-state index contributed by atoms with van der Waals surface area (Å²) in [7, 11) is -1.27. The lowest BCUT2D eigenvalue weighted by molar-refractivity contribution is 1.56. The highest BCUT2D eigenvalue weighted by Gasteiger charge is 2.21. The average Bonchev–Trinajstić information content (AvgIpc) is 3.46. The van der Waals surface area contributed by atoms with Gasteiger partial charge in [-0.1, -0.05) is 127 Å². The molecule has 0 unspecified atom stereocenters. The van der Waals surface area contributed by atoms with Crippen LogP contribution in [0.2, 0.25) is 19.6 Å². The van der Waals surface area contributed by atoms with Gasteiger partial charge >= 0.3 is 0 Å². The molecule has 6 rings (SSSR count). The SMILES string of the molecule is BrBr.Brc1cccc2c1sc1c(Br)cccc12.Cc1cccc2c1sc1c([Si](C)(C)C)cccc12.ClC(Cl)(Cl)Cl. The monoisotopic (exact) mass is 920 g/mol. The minimum atomic E-state index is -1.61. The van der Waals surface area contributed by atoms with Crippen molar-refractivity contribution < 1.29 is 0 Å². The van der Waals surface area contributed by atoms with Gasteiger partial charge in [-0.2, -0.15) is 0 Å². The van der Waals surface area contributed by atoms with E-state index in [-0.39, 0.29) is 0 Å². The number of rotatable bonds is 1. The Morgan fingerprint density at radius 1 is 0.575 bits per heavy atom. The van der Waals surface area contributed by atoms with Gasteiger partial charge < -0.3 is 0 Å². The van der Waals surface area contributed by atoms with Crippen LogP contribution < -0.4 is 5.19 Å². The first-order valence-corrected chi connectivity index (χ1v) is 23.8. The van der Waals surface area contributed by atoms with Crippen LogP contribution in [0.5, 0.6) is 0 Å². The topological polar surface area (TPSA) is 0 Å². The molecule has 0 atom stereocenters. The maximum Gasteiger partial charge on any atom is 0.266 e. The molecule has 0 aliphatic heterocycles. The number of hydrogen-bond acceptors (Lipinski definition) is 2. The lowest BCUT2D eigenvalue weighted by atomic mass is 10.1. The molecule has 4 aromatic carbocycles. The predicted molar refractivity (Wildman–Crippen MR) is 206 cm³/mol. The largest absolute Gasteiger partial charge is 0.266 e.